The van der Waals surface area contributed by atoms with E-state index in [0.29, 0.717) is 0 Å². The number of rotatable bonds is 15. The lowest BCUT2D eigenvalue weighted by Gasteiger charge is -2.05. The van der Waals surface area contributed by atoms with Gasteiger partial charge in [0.25, 0.3) is 0 Å². The summed E-state index contributed by atoms with van der Waals surface area (Å²) in [7, 11) is 0. The minimum atomic E-state index is -0.514. The van der Waals surface area contributed by atoms with Gasteiger partial charge in [-0.25, -0.2) is 0 Å². The molecular weight excluding hydrogens is 472 g/mol. The first-order chi connectivity index (χ1) is 18.5. The Hall–Kier alpha value is -3.54. The number of nitrogens with one attached hydrogen (secondary N) is 2. The minimum absolute atomic E-state index is 0.136. The quantitative estimate of drug-likeness (QED) is 0.186. The van der Waals surface area contributed by atoms with Crippen LogP contribution in [-0.2, 0) is 6.42 Å². The highest BCUT2D eigenvalue weighted by Crippen LogP contribution is 2.16. The zero-order chi connectivity index (χ0) is 27.2. The molecule has 202 valence electrons. The fraction of sp³-hybridized carbons (Fsp3) is 0.438. The van der Waals surface area contributed by atoms with Crippen LogP contribution in [0.25, 0.3) is 0 Å². The van der Waals surface area contributed by atoms with Crippen molar-refractivity contribution in [2.45, 2.75) is 91.4 Å². The van der Waals surface area contributed by atoms with E-state index in [1.165, 1.54) is 81.9 Å². The molecule has 0 fully saturated rings. The van der Waals surface area contributed by atoms with Crippen LogP contribution in [0.2, 0.25) is 0 Å². The van der Waals surface area contributed by atoms with E-state index in [2.05, 4.69) is 40.1 Å². The zero-order valence-corrected chi connectivity index (χ0v) is 23.2. The molecule has 0 radical (unpaired) electrons. The smallest absolute Gasteiger partial charge is 0.237 e. The Kier molecular flexibility index (Phi) is 12.0. The second-order valence-corrected chi connectivity index (χ2v) is 10.2. The van der Waals surface area contributed by atoms with Crippen molar-refractivity contribution in [3.05, 3.63) is 102 Å². The number of unbranched alkanes of at least 4 members (excludes halogenated alkanes) is 9. The maximum atomic E-state index is 12.8. The highest BCUT2D eigenvalue weighted by atomic mass is 16.1. The van der Waals surface area contributed by atoms with Gasteiger partial charge >= 0.3 is 0 Å². The van der Waals surface area contributed by atoms with Gasteiger partial charge in [0.1, 0.15) is 5.36 Å². The van der Waals surface area contributed by atoms with Crippen molar-refractivity contribution >= 4 is 11.4 Å². The van der Waals surface area contributed by atoms with E-state index in [9.17, 15) is 9.59 Å². The van der Waals surface area contributed by atoms with Crippen LogP contribution in [-0.4, -0.2) is 0 Å². The topological polar surface area (TPSA) is 82.9 Å². The lowest BCUT2D eigenvalue weighted by molar-refractivity contribution is 0.556. The van der Waals surface area contributed by atoms with Gasteiger partial charge in [-0.15, -0.1) is 0 Å². The molecule has 0 atom stereocenters. The molecule has 0 saturated carbocycles. The van der Waals surface area contributed by atoms with Gasteiger partial charge in [-0.05, 0) is 68.1 Å². The third kappa shape index (κ3) is 9.40. The highest BCUT2D eigenvalue weighted by Gasteiger charge is 2.03. The molecule has 2 N–H and O–H groups in total. The summed E-state index contributed by atoms with van der Waals surface area (Å²) >= 11 is 0. The summed E-state index contributed by atoms with van der Waals surface area (Å²) in [6.45, 7) is 6.25. The molecule has 0 bridgehead atoms. The van der Waals surface area contributed by atoms with Crippen molar-refractivity contribution in [2.24, 2.45) is 10.2 Å². The van der Waals surface area contributed by atoms with Gasteiger partial charge in [0, 0.05) is 0 Å². The third-order valence-corrected chi connectivity index (χ3v) is 6.82. The second-order valence-electron chi connectivity index (χ2n) is 10.2. The Bertz CT molecular complexity index is 1370. The maximum Gasteiger partial charge on any atom is 0.237 e. The largest absolute Gasteiger partial charge is 0.287 e. The molecule has 6 nitrogen and oxygen atoms in total. The molecule has 0 amide bonds. The predicted molar refractivity (Wildman–Crippen MR) is 158 cm³/mol. The van der Waals surface area contributed by atoms with E-state index in [-0.39, 0.29) is 10.7 Å². The number of aryl methyl sites for hydroxylation is 3. The van der Waals surface area contributed by atoms with Crippen LogP contribution >= 0.6 is 0 Å². The van der Waals surface area contributed by atoms with E-state index < -0.39 is 10.9 Å². The molecule has 0 aliphatic heterocycles. The van der Waals surface area contributed by atoms with E-state index in [4.69, 9.17) is 0 Å². The van der Waals surface area contributed by atoms with Crippen molar-refractivity contribution in [2.75, 3.05) is 10.9 Å². The molecule has 3 rings (SSSR count). The third-order valence-electron chi connectivity index (χ3n) is 6.82. The Morgan fingerprint density at radius 3 is 2.00 bits per heavy atom. The average Bonchev–Trinajstić information content (AvgIpc) is 2.91. The Morgan fingerprint density at radius 2 is 1.34 bits per heavy atom. The lowest BCUT2D eigenvalue weighted by atomic mass is 10.0. The van der Waals surface area contributed by atoms with E-state index in [1.54, 1.807) is 0 Å². The SMILES string of the molecule is CCCCCCCCCCCCc1ccc(N/N=c2\c(=O)cc/c(=N\Nc3ccc(C)cc3C)c2=O)cc1. The van der Waals surface area contributed by atoms with Crippen LogP contribution in [0.3, 0.4) is 0 Å². The van der Waals surface area contributed by atoms with Crippen LogP contribution in [0.1, 0.15) is 87.8 Å². The summed E-state index contributed by atoms with van der Waals surface area (Å²) < 4.78 is 0. The molecule has 3 aromatic rings. The van der Waals surface area contributed by atoms with E-state index >= 15 is 0 Å². The molecule has 0 aromatic heterocycles. The number of hydrogen-bond acceptors (Lipinski definition) is 6. The van der Waals surface area contributed by atoms with Crippen LogP contribution in [0.5, 0.6) is 0 Å². The van der Waals surface area contributed by atoms with Crippen LogP contribution in [0, 0.1) is 13.8 Å². The number of anilines is 2. The minimum Gasteiger partial charge on any atom is -0.287 e. The maximum absolute atomic E-state index is 12.8. The molecule has 3 aromatic carbocycles. The zero-order valence-electron chi connectivity index (χ0n) is 23.2. The predicted octanol–water partition coefficient (Wildman–Crippen LogP) is 6.22. The summed E-state index contributed by atoms with van der Waals surface area (Å²) in [5.74, 6) is 0. The molecule has 0 unspecified atom stereocenters. The van der Waals surface area contributed by atoms with Gasteiger partial charge in [0.15, 0.2) is 5.36 Å². The standard InChI is InChI=1S/C32H42N4O2/c1-4-5-6-7-8-9-10-11-12-13-14-26-16-18-27(19-17-26)33-36-31-30(37)22-21-29(32(31)38)35-34-28-20-15-24(2)23-25(28)3/h15-23,33-34H,4-14H2,1-3H3/b35-29+,36-31+. The first-order valence-corrected chi connectivity index (χ1v) is 14.1. The summed E-state index contributed by atoms with van der Waals surface area (Å²) in [5.41, 5.74) is 9.80. The Morgan fingerprint density at radius 1 is 0.684 bits per heavy atom. The summed E-state index contributed by atoms with van der Waals surface area (Å²) in [6.07, 6.45) is 14.4. The van der Waals surface area contributed by atoms with Gasteiger partial charge in [-0.3, -0.25) is 20.4 Å². The van der Waals surface area contributed by atoms with Crippen LogP contribution in [0.4, 0.5) is 11.4 Å². The van der Waals surface area contributed by atoms with Gasteiger partial charge in [-0.1, -0.05) is 94.5 Å². The van der Waals surface area contributed by atoms with Crippen molar-refractivity contribution < 1.29 is 0 Å². The van der Waals surface area contributed by atoms with E-state index in [1.807, 2.05) is 44.2 Å². The normalized spacial score (nSPS) is 12.2. The van der Waals surface area contributed by atoms with Gasteiger partial charge in [0.2, 0.25) is 10.9 Å². The molecule has 6 heteroatoms. The summed E-state index contributed by atoms with van der Waals surface area (Å²) in [6, 6.07) is 16.7. The Balaban J connectivity index is 1.51. The molecule has 0 spiro atoms. The molecule has 0 heterocycles. The van der Waals surface area contributed by atoms with Gasteiger partial charge < -0.3 is 0 Å². The van der Waals surface area contributed by atoms with Crippen molar-refractivity contribution in [1.82, 2.24) is 0 Å². The van der Waals surface area contributed by atoms with Crippen LogP contribution < -0.4 is 32.4 Å². The lowest BCUT2D eigenvalue weighted by Crippen LogP contribution is -2.47. The first-order valence-electron chi connectivity index (χ1n) is 14.1. The average molecular weight is 515 g/mol. The molecule has 0 saturated heterocycles. The van der Waals surface area contributed by atoms with E-state index in [0.717, 1.165) is 28.9 Å². The summed E-state index contributed by atoms with van der Waals surface area (Å²) in [5, 5.41) is 8.29. The van der Waals surface area contributed by atoms with Crippen molar-refractivity contribution in [3.8, 4) is 0 Å². The van der Waals surface area contributed by atoms with Crippen molar-refractivity contribution in [3.63, 3.8) is 0 Å². The Labute approximate surface area is 226 Å². The van der Waals surface area contributed by atoms with Gasteiger partial charge in [0.05, 0.1) is 11.4 Å². The number of hydrogen-bond donors (Lipinski definition) is 2. The monoisotopic (exact) mass is 514 g/mol. The first kappa shape index (κ1) is 29.0. The summed E-state index contributed by atoms with van der Waals surface area (Å²) in [4.78, 5) is 25.1. The highest BCUT2D eigenvalue weighted by molar-refractivity contribution is 5.51. The molecule has 0 aliphatic rings. The second kappa shape index (κ2) is 15.7. The fourth-order valence-corrected chi connectivity index (χ4v) is 4.48. The molecule has 38 heavy (non-hydrogen) atoms. The number of benzene rings is 3. The number of nitrogens with zero attached hydrogens (tertiary/aromatic N) is 2. The van der Waals surface area contributed by atoms with Crippen molar-refractivity contribution in [1.29, 1.82) is 0 Å². The van der Waals surface area contributed by atoms with Gasteiger partial charge in [-0.2, -0.15) is 10.2 Å². The molecule has 0 aliphatic carbocycles. The molecular formula is C32H42N4O2. The van der Waals surface area contributed by atoms with Crippen LogP contribution in [0.15, 0.2) is 74.4 Å². The fourth-order valence-electron chi connectivity index (χ4n) is 4.48.